The summed E-state index contributed by atoms with van der Waals surface area (Å²) in [6, 6.07) is 6.61. The zero-order valence-electron chi connectivity index (χ0n) is 13.6. The van der Waals surface area contributed by atoms with Gasteiger partial charge in [0.25, 0.3) is 0 Å². The van der Waals surface area contributed by atoms with E-state index in [-0.39, 0.29) is 18.1 Å². The first-order chi connectivity index (χ1) is 10.8. The van der Waals surface area contributed by atoms with Crippen LogP contribution in [0, 0.1) is 5.92 Å². The van der Waals surface area contributed by atoms with Crippen molar-refractivity contribution in [3.63, 3.8) is 0 Å². The zero-order valence-corrected chi connectivity index (χ0v) is 13.6. The Morgan fingerprint density at radius 2 is 2.00 bits per heavy atom. The molecule has 0 radical (unpaired) electrons. The second kappa shape index (κ2) is 5.44. The molecule has 1 aromatic rings. The summed E-state index contributed by atoms with van der Waals surface area (Å²) in [4.78, 5) is 25.8. The second-order valence-corrected chi connectivity index (χ2v) is 7.12. The van der Waals surface area contributed by atoms with Crippen molar-refractivity contribution in [1.82, 2.24) is 4.90 Å². The molecule has 1 unspecified atom stereocenters. The number of fused-ring (bicyclic) bond motifs is 3. The smallest absolute Gasteiger partial charge is 0.410 e. The van der Waals surface area contributed by atoms with E-state index in [1.54, 1.807) is 4.90 Å². The maximum atomic E-state index is 12.5. The molecule has 1 amide bonds. The Labute approximate surface area is 135 Å². The van der Waals surface area contributed by atoms with Crippen molar-refractivity contribution in [2.24, 2.45) is 5.92 Å². The molecule has 6 nitrogen and oxygen atoms in total. The number of amides is 1. The van der Waals surface area contributed by atoms with Crippen LogP contribution >= 0.6 is 0 Å². The minimum Gasteiger partial charge on any atom is -0.480 e. The number of nitrogens with zero attached hydrogens (tertiary/aromatic N) is 1. The van der Waals surface area contributed by atoms with E-state index in [2.05, 4.69) is 5.32 Å². The van der Waals surface area contributed by atoms with Crippen molar-refractivity contribution < 1.29 is 19.4 Å². The number of anilines is 1. The van der Waals surface area contributed by atoms with Crippen LogP contribution < -0.4 is 5.32 Å². The lowest BCUT2D eigenvalue weighted by atomic mass is 9.83. The molecule has 1 aromatic carbocycles. The fourth-order valence-electron chi connectivity index (χ4n) is 3.49. The molecule has 6 heteroatoms. The van der Waals surface area contributed by atoms with Gasteiger partial charge in [0.2, 0.25) is 0 Å². The Bertz CT molecular complexity index is 638. The van der Waals surface area contributed by atoms with Crippen LogP contribution in [0.15, 0.2) is 24.3 Å². The van der Waals surface area contributed by atoms with Crippen LogP contribution in [0.25, 0.3) is 0 Å². The highest BCUT2D eigenvalue weighted by Gasteiger charge is 2.49. The van der Waals surface area contributed by atoms with E-state index in [4.69, 9.17) is 4.74 Å². The Kier molecular flexibility index (Phi) is 3.70. The van der Waals surface area contributed by atoms with E-state index in [0.29, 0.717) is 13.0 Å². The third-order valence-electron chi connectivity index (χ3n) is 4.36. The van der Waals surface area contributed by atoms with Gasteiger partial charge in [-0.1, -0.05) is 18.2 Å². The molecule has 0 saturated carbocycles. The van der Waals surface area contributed by atoms with Crippen LogP contribution in [0.4, 0.5) is 10.5 Å². The lowest BCUT2D eigenvalue weighted by Gasteiger charge is -2.38. The summed E-state index contributed by atoms with van der Waals surface area (Å²) in [6.45, 7) is 5.99. The number of ether oxygens (including phenoxy) is 1. The average molecular weight is 318 g/mol. The number of hydrogen-bond acceptors (Lipinski definition) is 4. The monoisotopic (exact) mass is 318 g/mol. The van der Waals surface area contributed by atoms with Crippen LogP contribution in [0.2, 0.25) is 0 Å². The van der Waals surface area contributed by atoms with E-state index in [1.165, 1.54) is 0 Å². The van der Waals surface area contributed by atoms with E-state index in [1.807, 2.05) is 45.0 Å². The molecule has 2 aliphatic rings. The van der Waals surface area contributed by atoms with Crippen LogP contribution in [-0.2, 0) is 9.53 Å². The first-order valence-corrected chi connectivity index (χ1v) is 7.86. The standard InChI is InChI=1S/C17H22N2O4/c1-17(2,3)23-16(22)19-9-8-11-13(15(20)21)18-12-7-5-4-6-10(12)14(11)19/h4-7,11,13-14,18H,8-9H2,1-3H3,(H,20,21)/t11-,13?,14+/m0/s1. The number of carboxylic acids is 1. The number of hydrogen-bond donors (Lipinski definition) is 2. The van der Waals surface area contributed by atoms with Crippen LogP contribution in [0.3, 0.4) is 0 Å². The second-order valence-electron chi connectivity index (χ2n) is 7.12. The van der Waals surface area contributed by atoms with E-state index in [9.17, 15) is 14.7 Å². The predicted molar refractivity (Wildman–Crippen MR) is 85.3 cm³/mol. The summed E-state index contributed by atoms with van der Waals surface area (Å²) in [5.74, 6) is -1.05. The molecule has 3 rings (SSSR count). The molecule has 1 saturated heterocycles. The first kappa shape index (κ1) is 15.6. The van der Waals surface area contributed by atoms with Crippen molar-refractivity contribution in [3.8, 4) is 0 Å². The Hall–Kier alpha value is -2.24. The molecule has 124 valence electrons. The lowest BCUT2D eigenvalue weighted by Crippen LogP contribution is -2.45. The first-order valence-electron chi connectivity index (χ1n) is 7.86. The van der Waals surface area contributed by atoms with Gasteiger partial charge in [-0.25, -0.2) is 9.59 Å². The summed E-state index contributed by atoms with van der Waals surface area (Å²) in [6.07, 6.45) is 0.258. The SMILES string of the molecule is CC(C)(C)OC(=O)N1CC[C@H]2C(C(=O)O)Nc3ccccc3[C@H]21. The molecular weight excluding hydrogens is 296 g/mol. The zero-order chi connectivity index (χ0) is 16.8. The van der Waals surface area contributed by atoms with Crippen molar-refractivity contribution in [1.29, 1.82) is 0 Å². The number of rotatable bonds is 1. The van der Waals surface area contributed by atoms with Gasteiger partial charge in [0.15, 0.2) is 0 Å². The highest BCUT2D eigenvalue weighted by Crippen LogP contribution is 2.46. The van der Waals surface area contributed by atoms with E-state index >= 15 is 0 Å². The fraction of sp³-hybridized carbons (Fsp3) is 0.529. The number of para-hydroxylation sites is 1. The number of aliphatic carboxylic acids is 1. The number of carboxylic acid groups (broad SMARTS) is 1. The molecule has 0 aromatic heterocycles. The van der Waals surface area contributed by atoms with Crippen molar-refractivity contribution in [3.05, 3.63) is 29.8 Å². The Morgan fingerprint density at radius 1 is 1.30 bits per heavy atom. The van der Waals surface area contributed by atoms with Gasteiger partial charge in [-0.3, -0.25) is 0 Å². The summed E-state index contributed by atoms with van der Waals surface area (Å²) in [7, 11) is 0. The number of nitrogens with one attached hydrogen (secondary N) is 1. The topological polar surface area (TPSA) is 78.9 Å². The quantitative estimate of drug-likeness (QED) is 0.832. The van der Waals surface area contributed by atoms with Crippen LogP contribution in [-0.4, -0.2) is 40.3 Å². The largest absolute Gasteiger partial charge is 0.480 e. The molecule has 2 aliphatic heterocycles. The molecule has 2 N–H and O–H groups in total. The third-order valence-corrected chi connectivity index (χ3v) is 4.36. The van der Waals surface area contributed by atoms with E-state index < -0.39 is 17.6 Å². The average Bonchev–Trinajstić information content (AvgIpc) is 2.89. The molecule has 2 heterocycles. The molecule has 1 fully saturated rings. The number of benzene rings is 1. The highest BCUT2D eigenvalue weighted by atomic mass is 16.6. The summed E-state index contributed by atoms with van der Waals surface area (Å²) in [5.41, 5.74) is 1.16. The van der Waals surface area contributed by atoms with Gasteiger partial charge in [0.1, 0.15) is 11.6 Å². The van der Waals surface area contributed by atoms with E-state index in [0.717, 1.165) is 11.3 Å². The van der Waals surface area contributed by atoms with Gasteiger partial charge < -0.3 is 20.1 Å². The molecule has 23 heavy (non-hydrogen) atoms. The maximum Gasteiger partial charge on any atom is 0.410 e. The van der Waals surface area contributed by atoms with Gasteiger partial charge >= 0.3 is 12.1 Å². The summed E-state index contributed by atoms with van der Waals surface area (Å²) >= 11 is 0. The van der Waals surface area contributed by atoms with Gasteiger partial charge in [-0.15, -0.1) is 0 Å². The number of carbonyl (C=O) groups excluding carboxylic acids is 1. The number of carbonyl (C=O) groups is 2. The van der Waals surface area contributed by atoms with Crippen molar-refractivity contribution >= 4 is 17.7 Å². The van der Waals surface area contributed by atoms with Crippen LogP contribution in [0.5, 0.6) is 0 Å². The molecule has 3 atom stereocenters. The highest BCUT2D eigenvalue weighted by molar-refractivity contribution is 5.81. The Balaban J connectivity index is 1.96. The minimum atomic E-state index is -0.888. The third kappa shape index (κ3) is 2.85. The maximum absolute atomic E-state index is 12.5. The van der Waals surface area contributed by atoms with Gasteiger partial charge in [-0.05, 0) is 38.8 Å². The van der Waals surface area contributed by atoms with Crippen molar-refractivity contribution in [2.75, 3.05) is 11.9 Å². The molecule has 0 spiro atoms. The number of likely N-dealkylation sites (tertiary alicyclic amines) is 1. The summed E-state index contributed by atoms with van der Waals surface area (Å²) < 4.78 is 5.50. The van der Waals surface area contributed by atoms with Crippen LogP contribution in [0.1, 0.15) is 38.8 Å². The summed E-state index contributed by atoms with van der Waals surface area (Å²) in [5, 5.41) is 12.6. The Morgan fingerprint density at radius 3 is 2.65 bits per heavy atom. The molecule has 0 bridgehead atoms. The molecular formula is C17H22N2O4. The normalized spacial score (nSPS) is 26.0. The fourth-order valence-corrected chi connectivity index (χ4v) is 3.49. The predicted octanol–water partition coefficient (Wildman–Crippen LogP) is 2.86. The van der Waals surface area contributed by atoms with Gasteiger partial charge in [0.05, 0.1) is 6.04 Å². The lowest BCUT2D eigenvalue weighted by molar-refractivity contribution is -0.139. The van der Waals surface area contributed by atoms with Gasteiger partial charge in [-0.2, -0.15) is 0 Å². The van der Waals surface area contributed by atoms with Crippen molar-refractivity contribution in [2.45, 2.75) is 44.9 Å². The van der Waals surface area contributed by atoms with Gasteiger partial charge in [0, 0.05) is 18.2 Å². The minimum absolute atomic E-state index is 0.157. The molecule has 0 aliphatic carbocycles.